The van der Waals surface area contributed by atoms with Crippen LogP contribution in [0.1, 0.15) is 52.2 Å². The number of hydrogen-bond donors (Lipinski definition) is 4. The number of ether oxygens (including phenoxy) is 2. The highest BCUT2D eigenvalue weighted by molar-refractivity contribution is 7.71. The number of benzene rings is 1. The van der Waals surface area contributed by atoms with Gasteiger partial charge in [-0.2, -0.15) is 5.09 Å². The van der Waals surface area contributed by atoms with Gasteiger partial charge in [0.05, 0.1) is 6.61 Å². The number of aliphatic hydroxyl groups is 2. The zero-order chi connectivity index (χ0) is 29.1. The van der Waals surface area contributed by atoms with Gasteiger partial charge in [0.1, 0.15) is 35.7 Å². The van der Waals surface area contributed by atoms with Gasteiger partial charge in [-0.25, -0.2) is 4.57 Å². The molecule has 0 bridgehead atoms. The molecule has 2 heterocycles. The molecule has 1 aromatic heterocycles. The van der Waals surface area contributed by atoms with Gasteiger partial charge in [-0.15, -0.1) is 0 Å². The van der Waals surface area contributed by atoms with E-state index in [2.05, 4.69) is 10.1 Å². The summed E-state index contributed by atoms with van der Waals surface area (Å²) in [6.45, 7) is 2.30. The maximum Gasteiger partial charge on any atom is 0.459 e. The number of nitrogens with zero attached hydrogens (tertiary/aromatic N) is 1. The second kappa shape index (κ2) is 12.8. The SMILES string of the molecule is C[C@H](N[P@@](=O)(OC[C@H]1O[C@@H](n2ccc(=O)[nH]c2=S)[C@](C)(O)C1O)Oc1ccc(Cl)cc1)C(=O)OC1CCCCC1. The van der Waals surface area contributed by atoms with Crippen LogP contribution in [0.4, 0.5) is 0 Å². The highest BCUT2D eigenvalue weighted by Gasteiger charge is 2.54. The fraction of sp³-hybridized carbons (Fsp3) is 0.560. The number of halogens is 1. The number of nitrogens with one attached hydrogen (secondary N) is 2. The molecule has 0 spiro atoms. The van der Waals surface area contributed by atoms with Crippen LogP contribution in [0.5, 0.6) is 5.75 Å². The number of esters is 1. The van der Waals surface area contributed by atoms with Crippen LogP contribution in [-0.2, 0) is 23.4 Å². The average Bonchev–Trinajstić information content (AvgIpc) is 3.13. The molecule has 4 N–H and O–H groups in total. The summed E-state index contributed by atoms with van der Waals surface area (Å²) >= 11 is 11.1. The van der Waals surface area contributed by atoms with E-state index in [1.807, 2.05) is 0 Å². The Morgan fingerprint density at radius 2 is 1.98 bits per heavy atom. The summed E-state index contributed by atoms with van der Waals surface area (Å²) in [4.78, 5) is 26.8. The van der Waals surface area contributed by atoms with E-state index in [0.29, 0.717) is 5.02 Å². The predicted molar refractivity (Wildman–Crippen MR) is 148 cm³/mol. The van der Waals surface area contributed by atoms with Crippen molar-refractivity contribution in [1.82, 2.24) is 14.6 Å². The lowest BCUT2D eigenvalue weighted by atomic mass is 9.96. The van der Waals surface area contributed by atoms with Crippen molar-refractivity contribution in [3.8, 4) is 5.75 Å². The molecule has 1 aliphatic heterocycles. The van der Waals surface area contributed by atoms with E-state index in [-0.39, 0.29) is 16.6 Å². The van der Waals surface area contributed by atoms with Crippen molar-refractivity contribution in [2.24, 2.45) is 0 Å². The van der Waals surface area contributed by atoms with Gasteiger partial charge < -0.3 is 24.2 Å². The van der Waals surface area contributed by atoms with Crippen molar-refractivity contribution in [2.45, 2.75) is 82.1 Å². The Bertz CT molecular complexity index is 1350. The fourth-order valence-corrected chi connectivity index (χ4v) is 6.51. The van der Waals surface area contributed by atoms with Gasteiger partial charge >= 0.3 is 13.7 Å². The Morgan fingerprint density at radius 1 is 1.30 bits per heavy atom. The third-order valence-corrected chi connectivity index (χ3v) is 9.06. The van der Waals surface area contributed by atoms with E-state index in [4.69, 9.17) is 42.3 Å². The molecule has 15 heteroatoms. The van der Waals surface area contributed by atoms with Crippen molar-refractivity contribution in [3.63, 3.8) is 0 Å². The molecule has 1 unspecified atom stereocenters. The molecule has 1 aliphatic carbocycles. The van der Waals surface area contributed by atoms with Gasteiger partial charge in [0, 0.05) is 17.3 Å². The number of aromatic amines is 1. The van der Waals surface area contributed by atoms with Crippen LogP contribution >= 0.6 is 31.6 Å². The predicted octanol–water partition coefficient (Wildman–Crippen LogP) is 3.63. The van der Waals surface area contributed by atoms with Crippen molar-refractivity contribution in [1.29, 1.82) is 0 Å². The second-order valence-corrected chi connectivity index (χ2v) is 12.6. The van der Waals surface area contributed by atoms with Crippen molar-refractivity contribution in [3.05, 3.63) is 56.7 Å². The molecule has 40 heavy (non-hydrogen) atoms. The maximum atomic E-state index is 13.9. The monoisotopic (exact) mass is 617 g/mol. The molecule has 2 aliphatic rings. The zero-order valence-corrected chi connectivity index (χ0v) is 24.5. The van der Waals surface area contributed by atoms with Crippen LogP contribution < -0.4 is 15.2 Å². The second-order valence-electron chi connectivity index (χ2n) is 10.1. The summed E-state index contributed by atoms with van der Waals surface area (Å²) in [6, 6.07) is 6.14. The molecule has 12 nitrogen and oxygen atoms in total. The van der Waals surface area contributed by atoms with E-state index in [1.54, 1.807) is 0 Å². The van der Waals surface area contributed by atoms with Gasteiger partial charge in [0.15, 0.2) is 11.0 Å². The largest absolute Gasteiger partial charge is 0.461 e. The summed E-state index contributed by atoms with van der Waals surface area (Å²) in [5.41, 5.74) is -2.31. The quantitative estimate of drug-likeness (QED) is 0.175. The molecule has 1 saturated heterocycles. The molecule has 0 radical (unpaired) electrons. The van der Waals surface area contributed by atoms with E-state index in [9.17, 15) is 24.4 Å². The summed E-state index contributed by atoms with van der Waals surface area (Å²) in [5.74, 6) is -0.464. The molecule has 1 aromatic carbocycles. The highest BCUT2D eigenvalue weighted by Crippen LogP contribution is 2.47. The summed E-state index contributed by atoms with van der Waals surface area (Å²) in [6.07, 6.45) is 1.80. The molecule has 2 fully saturated rings. The average molecular weight is 618 g/mol. The minimum atomic E-state index is -4.29. The van der Waals surface area contributed by atoms with Gasteiger partial charge in [0.2, 0.25) is 0 Å². The third kappa shape index (κ3) is 7.40. The Labute approximate surface area is 241 Å². The fourth-order valence-electron chi connectivity index (χ4n) is 4.62. The normalized spacial score (nSPS) is 27.6. The van der Waals surface area contributed by atoms with Gasteiger partial charge in [0.25, 0.3) is 5.56 Å². The van der Waals surface area contributed by atoms with Crippen LogP contribution in [0.25, 0.3) is 0 Å². The lowest BCUT2D eigenvalue weighted by molar-refractivity contribution is -0.152. The first-order chi connectivity index (χ1) is 18.9. The Morgan fingerprint density at radius 3 is 2.62 bits per heavy atom. The van der Waals surface area contributed by atoms with Crippen LogP contribution in [0.3, 0.4) is 0 Å². The van der Waals surface area contributed by atoms with Crippen molar-refractivity contribution in [2.75, 3.05) is 6.61 Å². The van der Waals surface area contributed by atoms with Gasteiger partial charge in [-0.1, -0.05) is 18.0 Å². The summed E-state index contributed by atoms with van der Waals surface area (Å²) < 4.78 is 37.9. The molecule has 2 aromatic rings. The molecular formula is C25H33ClN3O9PS. The number of carbonyl (C=O) groups is 1. The topological polar surface area (TPSA) is 161 Å². The number of aliphatic hydroxyl groups excluding tert-OH is 1. The standard InChI is InChI=1S/C25H33ClN3O9PS/c1-15(22(32)36-17-6-4-3-5-7-17)28-39(34,38-18-10-8-16(26)9-11-18)35-14-19-21(31)25(2,33)23(37-19)29-13-12-20(30)27-24(29)40/h8-13,15,17,19,21,23,31,33H,3-7,14H2,1-2H3,(H,28,34)(H,27,30,40)/t15-,19+,21?,23+,25+,39+/m0/s1. The first kappa shape index (κ1) is 30.9. The summed E-state index contributed by atoms with van der Waals surface area (Å²) in [7, 11) is -4.29. The minimum Gasteiger partial charge on any atom is -0.461 e. The van der Waals surface area contributed by atoms with Crippen LogP contribution in [-0.4, -0.2) is 62.3 Å². The maximum absolute atomic E-state index is 13.9. The number of carbonyl (C=O) groups excluding carboxylic acids is 1. The zero-order valence-electron chi connectivity index (χ0n) is 22.0. The number of aromatic nitrogens is 2. The molecule has 220 valence electrons. The van der Waals surface area contributed by atoms with E-state index in [1.165, 1.54) is 54.9 Å². The van der Waals surface area contributed by atoms with Crippen LogP contribution in [0.2, 0.25) is 5.02 Å². The first-order valence-corrected chi connectivity index (χ1v) is 15.3. The minimum absolute atomic E-state index is 0.0322. The molecule has 1 saturated carbocycles. The molecule has 4 rings (SSSR count). The molecule has 0 amide bonds. The lowest BCUT2D eigenvalue weighted by Gasteiger charge is -2.28. The molecule has 6 atom stereocenters. The van der Waals surface area contributed by atoms with Gasteiger partial charge in [-0.3, -0.25) is 23.7 Å². The lowest BCUT2D eigenvalue weighted by Crippen LogP contribution is -2.45. The number of hydrogen-bond acceptors (Lipinski definition) is 10. The van der Waals surface area contributed by atoms with E-state index >= 15 is 0 Å². The first-order valence-electron chi connectivity index (χ1n) is 12.9. The van der Waals surface area contributed by atoms with Crippen LogP contribution in [0, 0.1) is 4.77 Å². The number of H-pyrrole nitrogens is 1. The highest BCUT2D eigenvalue weighted by atomic mass is 35.5. The Hall–Kier alpha value is -2.09. The Balaban J connectivity index is 1.49. The molecular weight excluding hydrogens is 585 g/mol. The van der Waals surface area contributed by atoms with E-state index in [0.717, 1.165) is 32.1 Å². The smallest absolute Gasteiger partial charge is 0.459 e. The Kier molecular flexibility index (Phi) is 9.90. The summed E-state index contributed by atoms with van der Waals surface area (Å²) in [5, 5.41) is 24.9. The number of rotatable bonds is 10. The van der Waals surface area contributed by atoms with Crippen molar-refractivity contribution >= 4 is 37.5 Å². The van der Waals surface area contributed by atoms with Crippen molar-refractivity contribution < 1.29 is 38.1 Å². The van der Waals surface area contributed by atoms with Crippen LogP contribution in [0.15, 0.2) is 41.3 Å². The van der Waals surface area contributed by atoms with Gasteiger partial charge in [-0.05, 0) is 76.0 Å². The van der Waals surface area contributed by atoms with E-state index < -0.39 is 56.0 Å². The third-order valence-electron chi connectivity index (χ3n) is 6.85.